The summed E-state index contributed by atoms with van der Waals surface area (Å²) in [5.41, 5.74) is 0.888. The first-order chi connectivity index (χ1) is 7.89. The van der Waals surface area contributed by atoms with Crippen molar-refractivity contribution >= 4 is 40.8 Å². The van der Waals surface area contributed by atoms with Crippen LogP contribution in [0.1, 0.15) is 12.5 Å². The Kier molecular flexibility index (Phi) is 5.53. The molecule has 0 aliphatic carbocycles. The lowest BCUT2D eigenvalue weighted by Gasteiger charge is -2.23. The Morgan fingerprint density at radius 1 is 1.29 bits per heavy atom. The van der Waals surface area contributed by atoms with Gasteiger partial charge in [0.1, 0.15) is 0 Å². The van der Waals surface area contributed by atoms with Crippen LogP contribution in [0, 0.1) is 0 Å². The Morgan fingerprint density at radius 3 is 2.35 bits per heavy atom. The molecule has 0 unspecified atom stereocenters. The van der Waals surface area contributed by atoms with Crippen LogP contribution in [0.25, 0.3) is 0 Å². The molecule has 0 saturated heterocycles. The number of benzene rings is 1. The number of hydrogen-bond donors (Lipinski definition) is 0. The number of ether oxygens (including phenoxy) is 2. The predicted molar refractivity (Wildman–Crippen MR) is 67.1 cm³/mol. The Hall–Kier alpha value is -0.480. The van der Waals surface area contributed by atoms with E-state index in [2.05, 4.69) is 0 Å². The van der Waals surface area contributed by atoms with Crippen LogP contribution >= 0.6 is 34.8 Å². The Morgan fingerprint density at radius 2 is 1.88 bits per heavy atom. The fourth-order valence-electron chi connectivity index (χ4n) is 1.09. The van der Waals surface area contributed by atoms with Crippen molar-refractivity contribution in [3.63, 3.8) is 0 Å². The minimum atomic E-state index is -1.82. The van der Waals surface area contributed by atoms with E-state index in [1.165, 1.54) is 6.92 Å². The molecule has 0 amide bonds. The molecule has 0 radical (unpaired) electrons. The second kappa shape index (κ2) is 6.45. The first-order valence-corrected chi connectivity index (χ1v) is 5.92. The molecule has 94 valence electrons. The van der Waals surface area contributed by atoms with Crippen molar-refractivity contribution in [3.8, 4) is 0 Å². The van der Waals surface area contributed by atoms with Crippen LogP contribution in [0.5, 0.6) is 0 Å². The molecule has 0 aliphatic heterocycles. The van der Waals surface area contributed by atoms with E-state index in [0.29, 0.717) is 0 Å². The van der Waals surface area contributed by atoms with Crippen molar-refractivity contribution in [2.75, 3.05) is 0 Å². The van der Waals surface area contributed by atoms with E-state index in [0.717, 1.165) is 5.56 Å². The van der Waals surface area contributed by atoms with Crippen molar-refractivity contribution in [1.82, 2.24) is 0 Å². The maximum atomic E-state index is 10.8. The third kappa shape index (κ3) is 5.59. The summed E-state index contributed by atoms with van der Waals surface area (Å²) in [6, 6.07) is 9.29. The number of halogens is 3. The first kappa shape index (κ1) is 14.6. The van der Waals surface area contributed by atoms with Gasteiger partial charge in [0.2, 0.25) is 0 Å². The molecule has 0 aliphatic rings. The Labute approximate surface area is 115 Å². The average Bonchev–Trinajstić information content (AvgIpc) is 2.23. The number of esters is 1. The molecule has 3 nitrogen and oxygen atoms in total. The summed E-state index contributed by atoms with van der Waals surface area (Å²) >= 11 is 16.9. The Balaban J connectivity index is 2.59. The summed E-state index contributed by atoms with van der Waals surface area (Å²) < 4.78 is 8.23. The van der Waals surface area contributed by atoms with Crippen molar-refractivity contribution in [3.05, 3.63) is 35.9 Å². The molecule has 0 N–H and O–H groups in total. The fourth-order valence-corrected chi connectivity index (χ4v) is 1.41. The number of carbonyl (C=O) groups is 1. The third-order valence-corrected chi connectivity index (χ3v) is 2.32. The van der Waals surface area contributed by atoms with Crippen LogP contribution in [0.2, 0.25) is 0 Å². The van der Waals surface area contributed by atoms with Crippen LogP contribution in [-0.4, -0.2) is 16.1 Å². The van der Waals surface area contributed by atoms with Gasteiger partial charge >= 0.3 is 5.97 Å². The summed E-state index contributed by atoms with van der Waals surface area (Å²) in [5, 5.41) is 0. The largest absolute Gasteiger partial charge is 0.431 e. The van der Waals surface area contributed by atoms with E-state index >= 15 is 0 Å². The topological polar surface area (TPSA) is 35.5 Å². The molecule has 0 spiro atoms. The smallest absolute Gasteiger partial charge is 0.305 e. The lowest BCUT2D eigenvalue weighted by atomic mass is 10.2. The first-order valence-electron chi connectivity index (χ1n) is 4.79. The molecule has 0 fully saturated rings. The van der Waals surface area contributed by atoms with Crippen LogP contribution in [0.3, 0.4) is 0 Å². The predicted octanol–water partition coefficient (Wildman–Crippen LogP) is 3.46. The number of carbonyl (C=O) groups excluding carboxylic acids is 1. The van der Waals surface area contributed by atoms with E-state index in [1.54, 1.807) is 0 Å². The van der Waals surface area contributed by atoms with E-state index in [1.807, 2.05) is 30.3 Å². The highest BCUT2D eigenvalue weighted by Crippen LogP contribution is 2.33. The standard InChI is InChI=1S/C11H11Cl3O3/c1-8(15)17-10(11(12,13)14)16-7-9-5-3-2-4-6-9/h2-6,10H,7H2,1H3/t10-/m0/s1. The van der Waals surface area contributed by atoms with Gasteiger partial charge in [-0.3, -0.25) is 4.79 Å². The zero-order valence-corrected chi connectivity index (χ0v) is 11.3. The fraction of sp³-hybridized carbons (Fsp3) is 0.364. The zero-order valence-electron chi connectivity index (χ0n) is 9.03. The molecular weight excluding hydrogens is 286 g/mol. The minimum absolute atomic E-state index is 0.187. The van der Waals surface area contributed by atoms with Gasteiger partial charge in [-0.15, -0.1) is 0 Å². The monoisotopic (exact) mass is 296 g/mol. The molecule has 1 rings (SSSR count). The van der Waals surface area contributed by atoms with Gasteiger partial charge in [0.25, 0.3) is 10.1 Å². The van der Waals surface area contributed by atoms with Crippen molar-refractivity contribution in [2.24, 2.45) is 0 Å². The summed E-state index contributed by atoms with van der Waals surface area (Å²) in [6.45, 7) is 1.40. The van der Waals surface area contributed by atoms with Crippen molar-refractivity contribution < 1.29 is 14.3 Å². The van der Waals surface area contributed by atoms with Crippen molar-refractivity contribution in [1.29, 1.82) is 0 Å². The summed E-state index contributed by atoms with van der Waals surface area (Å²) in [4.78, 5) is 10.8. The van der Waals surface area contributed by atoms with Gasteiger partial charge in [0, 0.05) is 6.92 Å². The second-order valence-electron chi connectivity index (χ2n) is 3.28. The van der Waals surface area contributed by atoms with Gasteiger partial charge in [-0.1, -0.05) is 65.1 Å². The highest BCUT2D eigenvalue weighted by Gasteiger charge is 2.36. The molecule has 0 heterocycles. The van der Waals surface area contributed by atoms with Gasteiger partial charge in [0.15, 0.2) is 0 Å². The molecule has 0 bridgehead atoms. The maximum Gasteiger partial charge on any atom is 0.305 e. The van der Waals surface area contributed by atoms with Gasteiger partial charge in [0.05, 0.1) is 6.61 Å². The summed E-state index contributed by atoms with van der Waals surface area (Å²) in [7, 11) is 0. The molecule has 0 saturated carbocycles. The SMILES string of the molecule is CC(=O)O[C@H](OCc1ccccc1)C(Cl)(Cl)Cl. The zero-order chi connectivity index (χ0) is 12.9. The quantitative estimate of drug-likeness (QED) is 0.485. The maximum absolute atomic E-state index is 10.8. The molecule has 6 heteroatoms. The lowest BCUT2D eigenvalue weighted by molar-refractivity contribution is -0.177. The number of rotatable bonds is 4. The van der Waals surface area contributed by atoms with Gasteiger partial charge in [-0.25, -0.2) is 0 Å². The van der Waals surface area contributed by atoms with Gasteiger partial charge in [-0.2, -0.15) is 0 Å². The average molecular weight is 298 g/mol. The van der Waals surface area contributed by atoms with E-state index in [-0.39, 0.29) is 6.61 Å². The summed E-state index contributed by atoms with van der Waals surface area (Å²) in [5.74, 6) is -0.575. The van der Waals surface area contributed by atoms with E-state index in [4.69, 9.17) is 44.3 Å². The number of hydrogen-bond acceptors (Lipinski definition) is 3. The van der Waals surface area contributed by atoms with Crippen LogP contribution in [0.15, 0.2) is 30.3 Å². The van der Waals surface area contributed by atoms with Crippen LogP contribution in [0.4, 0.5) is 0 Å². The molecule has 1 aromatic rings. The minimum Gasteiger partial charge on any atom is -0.431 e. The molecule has 17 heavy (non-hydrogen) atoms. The van der Waals surface area contributed by atoms with Gasteiger partial charge in [-0.05, 0) is 5.56 Å². The molecule has 1 aromatic carbocycles. The van der Waals surface area contributed by atoms with Gasteiger partial charge < -0.3 is 9.47 Å². The highest BCUT2D eigenvalue weighted by molar-refractivity contribution is 6.68. The van der Waals surface area contributed by atoms with E-state index < -0.39 is 16.1 Å². The van der Waals surface area contributed by atoms with Crippen LogP contribution < -0.4 is 0 Å². The van der Waals surface area contributed by atoms with Crippen molar-refractivity contribution in [2.45, 2.75) is 23.6 Å². The Bertz CT molecular complexity index is 362. The molecular formula is C11H11Cl3O3. The third-order valence-electron chi connectivity index (χ3n) is 1.78. The number of alkyl halides is 3. The van der Waals surface area contributed by atoms with Crippen LogP contribution in [-0.2, 0) is 20.9 Å². The lowest BCUT2D eigenvalue weighted by Crippen LogP contribution is -2.33. The molecule has 0 aromatic heterocycles. The molecule has 1 atom stereocenters. The van der Waals surface area contributed by atoms with E-state index in [9.17, 15) is 4.79 Å². The highest BCUT2D eigenvalue weighted by atomic mass is 35.6. The normalized spacial score (nSPS) is 13.2. The second-order valence-corrected chi connectivity index (χ2v) is 5.65. The summed E-state index contributed by atoms with van der Waals surface area (Å²) in [6.07, 6.45) is -1.23.